The number of carboxylic acid groups (broad SMARTS) is 1. The predicted octanol–water partition coefficient (Wildman–Crippen LogP) is -0.993. The highest BCUT2D eigenvalue weighted by Gasteiger charge is 2.16. The Morgan fingerprint density at radius 3 is 2.70 bits per heavy atom. The highest BCUT2D eigenvalue weighted by molar-refractivity contribution is 5.87. The molecule has 1 atom stereocenters. The van der Waals surface area contributed by atoms with E-state index < -0.39 is 17.9 Å². The fraction of sp³-hybridized carbons (Fsp3) is 0.545. The number of nitrogens with one attached hydrogen (secondary N) is 2. The Kier molecular flexibility index (Phi) is 5.63. The first kappa shape index (κ1) is 15.6. The molecule has 0 radical (unpaired) electrons. The van der Waals surface area contributed by atoms with Crippen molar-refractivity contribution >= 4 is 17.8 Å². The van der Waals surface area contributed by atoms with Gasteiger partial charge < -0.3 is 15.7 Å². The number of hydrogen-bond donors (Lipinski definition) is 3. The van der Waals surface area contributed by atoms with Crippen molar-refractivity contribution in [1.82, 2.24) is 25.6 Å². The zero-order chi connectivity index (χ0) is 15.1. The summed E-state index contributed by atoms with van der Waals surface area (Å²) in [4.78, 5) is 33.8. The van der Waals surface area contributed by atoms with Crippen molar-refractivity contribution in [3.05, 3.63) is 11.9 Å². The minimum atomic E-state index is -1.22. The highest BCUT2D eigenvalue weighted by Crippen LogP contribution is 1.93. The summed E-state index contributed by atoms with van der Waals surface area (Å²) in [5, 5.41) is 20.7. The van der Waals surface area contributed by atoms with Crippen LogP contribution in [-0.4, -0.2) is 50.5 Å². The second-order valence-electron chi connectivity index (χ2n) is 4.19. The van der Waals surface area contributed by atoms with E-state index in [4.69, 9.17) is 5.11 Å². The molecule has 0 aliphatic rings. The van der Waals surface area contributed by atoms with E-state index in [-0.39, 0.29) is 18.1 Å². The minimum absolute atomic E-state index is 0.203. The quantitative estimate of drug-likeness (QED) is 0.589. The molecule has 0 bridgehead atoms. The van der Waals surface area contributed by atoms with E-state index in [0.717, 1.165) is 17.3 Å². The summed E-state index contributed by atoms with van der Waals surface area (Å²) in [6, 6.07) is -0.670. The van der Waals surface area contributed by atoms with Gasteiger partial charge in [-0.25, -0.2) is 9.48 Å². The summed E-state index contributed by atoms with van der Waals surface area (Å²) in [5.74, 6) is -1.94. The van der Waals surface area contributed by atoms with E-state index >= 15 is 0 Å². The molecule has 110 valence electrons. The molecule has 0 aliphatic heterocycles. The number of carbonyl (C=O) groups excluding carboxylic acids is 2. The second kappa shape index (κ2) is 7.22. The molecule has 0 spiro atoms. The molecule has 0 aromatic carbocycles. The number of amides is 2. The van der Waals surface area contributed by atoms with Gasteiger partial charge in [0.25, 0.3) is 0 Å². The Labute approximate surface area is 115 Å². The summed E-state index contributed by atoms with van der Waals surface area (Å²) in [7, 11) is 0. The van der Waals surface area contributed by atoms with Gasteiger partial charge in [0.1, 0.15) is 12.6 Å². The molecular weight excluding hydrogens is 266 g/mol. The van der Waals surface area contributed by atoms with Crippen LogP contribution in [0.3, 0.4) is 0 Å². The predicted molar refractivity (Wildman–Crippen MR) is 67.9 cm³/mol. The average molecular weight is 283 g/mol. The lowest BCUT2D eigenvalue weighted by Crippen LogP contribution is -2.46. The largest absolute Gasteiger partial charge is 0.476 e. The summed E-state index contributed by atoms with van der Waals surface area (Å²) in [5.41, 5.74) is -0.244. The number of aromatic carboxylic acids is 1. The first-order valence-electron chi connectivity index (χ1n) is 6.14. The molecule has 1 heterocycles. The SMILES string of the molecule is CCCNC(=O)C(C)NC(=O)Cn1cc(C(=O)O)nn1. The lowest BCUT2D eigenvalue weighted by molar-refractivity contribution is -0.129. The van der Waals surface area contributed by atoms with Crippen molar-refractivity contribution in [2.45, 2.75) is 32.9 Å². The molecule has 20 heavy (non-hydrogen) atoms. The molecular formula is C11H17N5O4. The Morgan fingerprint density at radius 2 is 2.15 bits per heavy atom. The van der Waals surface area contributed by atoms with Crippen LogP contribution in [0.4, 0.5) is 0 Å². The van der Waals surface area contributed by atoms with Crippen molar-refractivity contribution in [2.75, 3.05) is 6.54 Å². The van der Waals surface area contributed by atoms with Crippen LogP contribution in [0.2, 0.25) is 0 Å². The van der Waals surface area contributed by atoms with Crippen molar-refractivity contribution in [1.29, 1.82) is 0 Å². The Morgan fingerprint density at radius 1 is 1.45 bits per heavy atom. The summed E-state index contributed by atoms with van der Waals surface area (Å²) < 4.78 is 1.09. The van der Waals surface area contributed by atoms with Crippen molar-refractivity contribution in [2.24, 2.45) is 0 Å². The van der Waals surface area contributed by atoms with Gasteiger partial charge in [0.15, 0.2) is 5.69 Å². The molecule has 0 saturated heterocycles. The molecule has 1 aromatic heterocycles. The number of rotatable bonds is 7. The molecule has 1 unspecified atom stereocenters. The molecule has 2 amide bonds. The maximum atomic E-state index is 11.7. The zero-order valence-corrected chi connectivity index (χ0v) is 11.3. The number of nitrogens with zero attached hydrogens (tertiary/aromatic N) is 3. The van der Waals surface area contributed by atoms with Crippen molar-refractivity contribution in [3.63, 3.8) is 0 Å². The fourth-order valence-electron chi connectivity index (χ4n) is 1.37. The lowest BCUT2D eigenvalue weighted by Gasteiger charge is -2.13. The van der Waals surface area contributed by atoms with Crippen LogP contribution in [0.5, 0.6) is 0 Å². The zero-order valence-electron chi connectivity index (χ0n) is 11.3. The number of aromatic nitrogens is 3. The maximum absolute atomic E-state index is 11.7. The van der Waals surface area contributed by atoms with E-state index in [1.54, 1.807) is 6.92 Å². The average Bonchev–Trinajstić information content (AvgIpc) is 2.84. The number of carbonyl (C=O) groups is 3. The molecule has 0 fully saturated rings. The third-order valence-corrected chi connectivity index (χ3v) is 2.38. The first-order valence-corrected chi connectivity index (χ1v) is 6.14. The number of carboxylic acids is 1. The second-order valence-corrected chi connectivity index (χ2v) is 4.19. The van der Waals surface area contributed by atoms with E-state index in [0.29, 0.717) is 6.54 Å². The van der Waals surface area contributed by atoms with E-state index in [1.807, 2.05) is 6.92 Å². The van der Waals surface area contributed by atoms with E-state index in [1.165, 1.54) is 0 Å². The van der Waals surface area contributed by atoms with E-state index in [9.17, 15) is 14.4 Å². The molecule has 9 heteroatoms. The van der Waals surface area contributed by atoms with Crippen LogP contribution < -0.4 is 10.6 Å². The highest BCUT2D eigenvalue weighted by atomic mass is 16.4. The monoisotopic (exact) mass is 283 g/mol. The fourth-order valence-corrected chi connectivity index (χ4v) is 1.37. The topological polar surface area (TPSA) is 126 Å². The Hall–Kier alpha value is -2.45. The van der Waals surface area contributed by atoms with Gasteiger partial charge in [-0.05, 0) is 13.3 Å². The summed E-state index contributed by atoms with van der Waals surface area (Å²) in [6.45, 7) is 3.83. The smallest absolute Gasteiger partial charge is 0.358 e. The van der Waals surface area contributed by atoms with Crippen LogP contribution in [0.15, 0.2) is 6.20 Å². The van der Waals surface area contributed by atoms with Crippen molar-refractivity contribution < 1.29 is 19.5 Å². The van der Waals surface area contributed by atoms with Crippen LogP contribution in [0.1, 0.15) is 30.8 Å². The third-order valence-electron chi connectivity index (χ3n) is 2.38. The van der Waals surface area contributed by atoms with E-state index in [2.05, 4.69) is 20.9 Å². The summed E-state index contributed by atoms with van der Waals surface area (Å²) >= 11 is 0. The Balaban J connectivity index is 2.46. The normalized spacial score (nSPS) is 11.7. The molecule has 9 nitrogen and oxygen atoms in total. The van der Waals surface area contributed by atoms with Crippen molar-refractivity contribution in [3.8, 4) is 0 Å². The van der Waals surface area contributed by atoms with Crippen LogP contribution in [0.25, 0.3) is 0 Å². The van der Waals surface area contributed by atoms with Crippen LogP contribution >= 0.6 is 0 Å². The number of hydrogen-bond acceptors (Lipinski definition) is 5. The molecule has 0 saturated carbocycles. The summed E-state index contributed by atoms with van der Waals surface area (Å²) in [6.07, 6.45) is 1.95. The van der Waals surface area contributed by atoms with Gasteiger partial charge in [-0.15, -0.1) is 5.10 Å². The van der Waals surface area contributed by atoms with Crippen LogP contribution in [0, 0.1) is 0 Å². The van der Waals surface area contributed by atoms with Crippen LogP contribution in [-0.2, 0) is 16.1 Å². The van der Waals surface area contributed by atoms with Gasteiger partial charge in [-0.2, -0.15) is 0 Å². The van der Waals surface area contributed by atoms with Gasteiger partial charge in [-0.1, -0.05) is 12.1 Å². The van der Waals surface area contributed by atoms with Gasteiger partial charge in [0.2, 0.25) is 11.8 Å². The van der Waals surface area contributed by atoms with Gasteiger partial charge in [0, 0.05) is 6.54 Å². The lowest BCUT2D eigenvalue weighted by atomic mass is 10.3. The van der Waals surface area contributed by atoms with Gasteiger partial charge in [-0.3, -0.25) is 9.59 Å². The van der Waals surface area contributed by atoms with Gasteiger partial charge in [0.05, 0.1) is 6.20 Å². The first-order chi connectivity index (χ1) is 9.43. The van der Waals surface area contributed by atoms with Gasteiger partial charge >= 0.3 is 5.97 Å². The third kappa shape index (κ3) is 4.67. The molecule has 1 aromatic rings. The molecule has 1 rings (SSSR count). The molecule has 3 N–H and O–H groups in total. The standard InChI is InChI=1S/C11H17N5O4/c1-3-4-12-10(18)7(2)13-9(17)6-16-5-8(11(19)20)14-15-16/h5,7H,3-4,6H2,1-2H3,(H,12,18)(H,13,17)(H,19,20). The maximum Gasteiger partial charge on any atom is 0.358 e. The minimum Gasteiger partial charge on any atom is -0.476 e. The molecule has 0 aliphatic carbocycles. The Bertz CT molecular complexity index is 499.